The minimum atomic E-state index is -0.314. The Labute approximate surface area is 116 Å². The molecule has 0 atom stereocenters. The van der Waals surface area contributed by atoms with E-state index in [1.54, 1.807) is 11.7 Å². The number of aromatic amines is 1. The zero-order valence-electron chi connectivity index (χ0n) is 11.9. The lowest BCUT2D eigenvalue weighted by molar-refractivity contribution is 0.189. The van der Waals surface area contributed by atoms with E-state index in [1.165, 1.54) is 10.9 Å². The van der Waals surface area contributed by atoms with Crippen LogP contribution in [0, 0.1) is 0 Å². The second kappa shape index (κ2) is 6.51. The molecule has 2 heterocycles. The van der Waals surface area contributed by atoms with Crippen molar-refractivity contribution in [3.63, 3.8) is 0 Å². The predicted molar refractivity (Wildman–Crippen MR) is 76.0 cm³/mol. The third kappa shape index (κ3) is 2.67. The second-order valence-electron chi connectivity index (χ2n) is 4.69. The molecule has 0 fully saturated rings. The van der Waals surface area contributed by atoms with E-state index in [4.69, 9.17) is 4.74 Å². The first-order valence-corrected chi connectivity index (χ1v) is 6.86. The number of nitrogens with one attached hydrogen (secondary N) is 1. The first-order valence-electron chi connectivity index (χ1n) is 6.86. The van der Waals surface area contributed by atoms with Crippen LogP contribution >= 0.6 is 0 Å². The maximum atomic E-state index is 12.4. The molecule has 7 heteroatoms. The minimum Gasteiger partial charge on any atom is -0.385 e. The average molecular weight is 280 g/mol. The van der Waals surface area contributed by atoms with Gasteiger partial charge in [-0.3, -0.25) is 13.9 Å². The van der Waals surface area contributed by atoms with Crippen LogP contribution in [0.5, 0.6) is 0 Å². The van der Waals surface area contributed by atoms with Gasteiger partial charge in [0.05, 0.1) is 6.33 Å². The Morgan fingerprint density at radius 1 is 1.25 bits per heavy atom. The van der Waals surface area contributed by atoms with E-state index in [-0.39, 0.29) is 11.2 Å². The molecule has 2 aromatic rings. The van der Waals surface area contributed by atoms with E-state index in [2.05, 4.69) is 16.9 Å². The zero-order valence-corrected chi connectivity index (χ0v) is 11.9. The van der Waals surface area contributed by atoms with Crippen molar-refractivity contribution in [2.24, 2.45) is 0 Å². The monoisotopic (exact) mass is 280 g/mol. The van der Waals surface area contributed by atoms with E-state index in [0.717, 1.165) is 12.8 Å². The summed E-state index contributed by atoms with van der Waals surface area (Å²) in [7, 11) is 1.60. The highest BCUT2D eigenvalue weighted by Gasteiger charge is 2.14. The largest absolute Gasteiger partial charge is 0.385 e. The Morgan fingerprint density at radius 2 is 2.00 bits per heavy atom. The summed E-state index contributed by atoms with van der Waals surface area (Å²) in [6.07, 6.45) is 3.92. The number of unbranched alkanes of at least 4 members (excludes halogenated alkanes) is 1. The molecule has 0 radical (unpaired) electrons. The molecule has 0 spiro atoms. The number of hydrogen-bond donors (Lipinski definition) is 1. The van der Waals surface area contributed by atoms with Gasteiger partial charge in [-0.25, -0.2) is 9.78 Å². The summed E-state index contributed by atoms with van der Waals surface area (Å²) in [4.78, 5) is 31.6. The first-order chi connectivity index (χ1) is 9.70. The number of methoxy groups -OCH3 is 1. The van der Waals surface area contributed by atoms with Gasteiger partial charge in [-0.2, -0.15) is 0 Å². The van der Waals surface area contributed by atoms with Gasteiger partial charge in [0.2, 0.25) is 0 Å². The normalized spacial score (nSPS) is 11.3. The molecule has 0 aliphatic rings. The molecular weight excluding hydrogens is 260 g/mol. The predicted octanol–water partition coefficient (Wildman–Crippen LogP) is 0.723. The first kappa shape index (κ1) is 14.5. The van der Waals surface area contributed by atoms with Gasteiger partial charge in [0.1, 0.15) is 5.52 Å². The number of H-pyrrole nitrogens is 1. The quantitative estimate of drug-likeness (QED) is 0.758. The van der Waals surface area contributed by atoms with Gasteiger partial charge in [0.15, 0.2) is 5.65 Å². The third-order valence-electron chi connectivity index (χ3n) is 3.26. The summed E-state index contributed by atoms with van der Waals surface area (Å²) in [5.41, 5.74) is 0.222. The fourth-order valence-electron chi connectivity index (χ4n) is 2.19. The van der Waals surface area contributed by atoms with Crippen LogP contribution in [-0.4, -0.2) is 32.8 Å². The van der Waals surface area contributed by atoms with Crippen molar-refractivity contribution in [3.8, 4) is 0 Å². The van der Waals surface area contributed by atoms with Crippen molar-refractivity contribution in [3.05, 3.63) is 27.2 Å². The Bertz CT molecular complexity index is 683. The van der Waals surface area contributed by atoms with Crippen LogP contribution < -0.4 is 11.2 Å². The average Bonchev–Trinajstić information content (AvgIpc) is 2.92. The molecule has 0 saturated heterocycles. The summed E-state index contributed by atoms with van der Waals surface area (Å²) >= 11 is 0. The molecular formula is C13H20N4O3. The van der Waals surface area contributed by atoms with Gasteiger partial charge in [-0.1, -0.05) is 13.3 Å². The van der Waals surface area contributed by atoms with Gasteiger partial charge in [0, 0.05) is 26.8 Å². The van der Waals surface area contributed by atoms with Crippen molar-refractivity contribution in [2.45, 2.75) is 39.3 Å². The number of fused-ring (bicyclic) bond motifs is 1. The number of nitrogens with zero attached hydrogens (tertiary/aromatic N) is 3. The molecule has 0 amide bonds. The number of hydrogen-bond acceptors (Lipinski definition) is 4. The minimum absolute atomic E-state index is 0.292. The summed E-state index contributed by atoms with van der Waals surface area (Å²) in [6, 6.07) is 0. The molecule has 20 heavy (non-hydrogen) atoms. The lowest BCUT2D eigenvalue weighted by atomic mass is 10.3. The topological polar surface area (TPSA) is 81.9 Å². The Kier molecular flexibility index (Phi) is 4.73. The fraction of sp³-hybridized carbons (Fsp3) is 0.615. The summed E-state index contributed by atoms with van der Waals surface area (Å²) in [5, 5.41) is 0. The molecule has 7 nitrogen and oxygen atoms in total. The van der Waals surface area contributed by atoms with Crippen LogP contribution in [0.4, 0.5) is 0 Å². The van der Waals surface area contributed by atoms with E-state index < -0.39 is 0 Å². The maximum absolute atomic E-state index is 12.4. The lowest BCUT2D eigenvalue weighted by Gasteiger charge is -2.10. The third-order valence-corrected chi connectivity index (χ3v) is 3.26. The molecule has 1 N–H and O–H groups in total. The van der Waals surface area contributed by atoms with Crippen LogP contribution in [0.1, 0.15) is 26.2 Å². The smallest absolute Gasteiger partial charge is 0.332 e. The van der Waals surface area contributed by atoms with Crippen molar-refractivity contribution >= 4 is 11.2 Å². The van der Waals surface area contributed by atoms with Crippen molar-refractivity contribution in [1.29, 1.82) is 0 Å². The van der Waals surface area contributed by atoms with Gasteiger partial charge in [0.25, 0.3) is 5.56 Å². The van der Waals surface area contributed by atoms with Crippen LogP contribution in [-0.2, 0) is 17.8 Å². The van der Waals surface area contributed by atoms with Crippen molar-refractivity contribution < 1.29 is 4.74 Å². The number of aromatic nitrogens is 4. The highest BCUT2D eigenvalue weighted by Crippen LogP contribution is 2.03. The van der Waals surface area contributed by atoms with Crippen LogP contribution in [0.15, 0.2) is 15.9 Å². The van der Waals surface area contributed by atoms with Gasteiger partial charge in [-0.05, 0) is 12.8 Å². The maximum Gasteiger partial charge on any atom is 0.332 e. The Hall–Kier alpha value is -1.89. The molecule has 0 saturated carbocycles. The number of aryl methyl sites for hydroxylation is 1. The molecule has 110 valence electrons. The standard InChI is InChI=1S/C13H20N4O3/c1-3-4-6-16-11-10(14-9-15-11)12(18)17(13(16)19)7-5-8-20-2/h9H,3-8H2,1-2H3,(H,14,15). The number of imidazole rings is 1. The van der Waals surface area contributed by atoms with Gasteiger partial charge in [-0.15, -0.1) is 0 Å². The highest BCUT2D eigenvalue weighted by molar-refractivity contribution is 5.68. The van der Waals surface area contributed by atoms with Crippen LogP contribution in [0.25, 0.3) is 11.2 Å². The molecule has 0 aliphatic heterocycles. The van der Waals surface area contributed by atoms with E-state index in [1.807, 2.05) is 0 Å². The summed E-state index contributed by atoms with van der Waals surface area (Å²) < 4.78 is 7.80. The number of ether oxygens (including phenoxy) is 1. The van der Waals surface area contributed by atoms with E-state index in [9.17, 15) is 9.59 Å². The molecule has 0 bridgehead atoms. The molecule has 0 aromatic carbocycles. The number of rotatable bonds is 7. The zero-order chi connectivity index (χ0) is 14.5. The lowest BCUT2D eigenvalue weighted by Crippen LogP contribution is -2.40. The van der Waals surface area contributed by atoms with Crippen LogP contribution in [0.2, 0.25) is 0 Å². The van der Waals surface area contributed by atoms with Crippen molar-refractivity contribution in [2.75, 3.05) is 13.7 Å². The van der Waals surface area contributed by atoms with Gasteiger partial charge >= 0.3 is 5.69 Å². The molecule has 2 aromatic heterocycles. The summed E-state index contributed by atoms with van der Waals surface area (Å²) in [6.45, 7) is 3.50. The van der Waals surface area contributed by atoms with Crippen molar-refractivity contribution in [1.82, 2.24) is 19.1 Å². The summed E-state index contributed by atoms with van der Waals surface area (Å²) in [5.74, 6) is 0. The van der Waals surface area contributed by atoms with E-state index in [0.29, 0.717) is 37.3 Å². The van der Waals surface area contributed by atoms with E-state index >= 15 is 0 Å². The SMILES string of the molecule is CCCCn1c(=O)n(CCCOC)c(=O)c2[nH]cnc21. The Morgan fingerprint density at radius 3 is 2.70 bits per heavy atom. The Balaban J connectivity index is 2.50. The van der Waals surface area contributed by atoms with Gasteiger partial charge < -0.3 is 9.72 Å². The molecule has 2 rings (SSSR count). The highest BCUT2D eigenvalue weighted by atomic mass is 16.5. The molecule has 0 aliphatic carbocycles. The molecule has 0 unspecified atom stereocenters. The second-order valence-corrected chi connectivity index (χ2v) is 4.69. The van der Waals surface area contributed by atoms with Crippen LogP contribution in [0.3, 0.4) is 0 Å². The fourth-order valence-corrected chi connectivity index (χ4v) is 2.19.